The fraction of sp³-hybridized carbons (Fsp3) is 0.212. The lowest BCUT2D eigenvalue weighted by atomic mass is 9.96. The zero-order chi connectivity index (χ0) is 28.8. The number of hydrogen-bond acceptors (Lipinski definition) is 4. The average molecular weight is 589 g/mol. The van der Waals surface area contributed by atoms with Gasteiger partial charge in [-0.05, 0) is 48.4 Å². The van der Waals surface area contributed by atoms with E-state index in [1.54, 1.807) is 49.4 Å². The molecule has 0 spiro atoms. The van der Waals surface area contributed by atoms with E-state index >= 15 is 0 Å². The van der Waals surface area contributed by atoms with Crippen LogP contribution in [0.15, 0.2) is 103 Å². The topological polar surface area (TPSA) is 61.9 Å². The van der Waals surface area contributed by atoms with Crippen molar-refractivity contribution in [3.8, 4) is 5.75 Å². The van der Waals surface area contributed by atoms with E-state index in [0.717, 1.165) is 13.1 Å². The zero-order valence-corrected chi connectivity index (χ0v) is 24.2. The number of halogens is 2. The third-order valence-corrected chi connectivity index (χ3v) is 7.71. The SMILES string of the molecule is CC(Oc1ccc(Cl)cc1Cl)C(=O)Nc1ccccc1C(=O)N1CCN(C(c2ccccc2)c2ccccc2)CC1. The van der Waals surface area contributed by atoms with E-state index in [4.69, 9.17) is 27.9 Å². The first-order valence-corrected chi connectivity index (χ1v) is 14.3. The van der Waals surface area contributed by atoms with Crippen LogP contribution in [0.4, 0.5) is 5.69 Å². The molecule has 8 heteroatoms. The van der Waals surface area contributed by atoms with Gasteiger partial charge in [0.15, 0.2) is 6.10 Å². The van der Waals surface area contributed by atoms with E-state index in [1.807, 2.05) is 17.0 Å². The molecule has 210 valence electrons. The number of amides is 2. The van der Waals surface area contributed by atoms with Crippen LogP contribution in [-0.2, 0) is 4.79 Å². The number of rotatable bonds is 8. The summed E-state index contributed by atoms with van der Waals surface area (Å²) in [4.78, 5) is 30.9. The van der Waals surface area contributed by atoms with Gasteiger partial charge < -0.3 is 15.0 Å². The Kier molecular flexibility index (Phi) is 9.24. The van der Waals surface area contributed by atoms with Crippen molar-refractivity contribution in [2.45, 2.75) is 19.1 Å². The Morgan fingerprint density at radius 2 is 1.37 bits per heavy atom. The summed E-state index contributed by atoms with van der Waals surface area (Å²) in [6.07, 6.45) is -0.853. The summed E-state index contributed by atoms with van der Waals surface area (Å²) in [6.45, 7) is 4.22. The summed E-state index contributed by atoms with van der Waals surface area (Å²) in [7, 11) is 0. The molecular formula is C33H31Cl2N3O3. The zero-order valence-electron chi connectivity index (χ0n) is 22.7. The minimum Gasteiger partial charge on any atom is -0.479 e. The lowest BCUT2D eigenvalue weighted by Crippen LogP contribution is -2.50. The number of nitrogens with one attached hydrogen (secondary N) is 1. The second kappa shape index (κ2) is 13.2. The Hall–Kier alpha value is -3.84. The lowest BCUT2D eigenvalue weighted by Gasteiger charge is -2.40. The summed E-state index contributed by atoms with van der Waals surface area (Å²) in [6, 6.07) is 32.9. The van der Waals surface area contributed by atoms with Crippen molar-refractivity contribution < 1.29 is 14.3 Å². The molecule has 1 fully saturated rings. The van der Waals surface area contributed by atoms with E-state index in [1.165, 1.54) is 11.1 Å². The van der Waals surface area contributed by atoms with E-state index in [2.05, 4.69) is 58.7 Å². The Bertz CT molecular complexity index is 1450. The summed E-state index contributed by atoms with van der Waals surface area (Å²) in [5.41, 5.74) is 3.33. The highest BCUT2D eigenvalue weighted by Gasteiger charge is 2.29. The van der Waals surface area contributed by atoms with Crippen molar-refractivity contribution in [2.75, 3.05) is 31.5 Å². The molecule has 1 unspecified atom stereocenters. The van der Waals surface area contributed by atoms with Crippen LogP contribution in [0, 0.1) is 0 Å². The van der Waals surface area contributed by atoms with E-state index in [-0.39, 0.29) is 11.9 Å². The van der Waals surface area contributed by atoms with Crippen molar-refractivity contribution >= 4 is 40.7 Å². The standard InChI is InChI=1S/C33H31Cl2N3O3/c1-23(41-30-17-16-26(34)22-28(30)35)32(39)36-29-15-9-8-14-27(29)33(40)38-20-18-37(19-21-38)31(24-10-4-2-5-11-24)25-12-6-3-7-13-25/h2-17,22-23,31H,18-21H2,1H3,(H,36,39). The number of ether oxygens (including phenoxy) is 1. The lowest BCUT2D eigenvalue weighted by molar-refractivity contribution is -0.122. The highest BCUT2D eigenvalue weighted by molar-refractivity contribution is 6.35. The molecule has 1 aliphatic rings. The van der Waals surface area contributed by atoms with Gasteiger partial charge in [-0.3, -0.25) is 14.5 Å². The van der Waals surface area contributed by atoms with Crippen LogP contribution in [0.3, 0.4) is 0 Å². The molecule has 1 aliphatic heterocycles. The summed E-state index contributed by atoms with van der Waals surface area (Å²) >= 11 is 12.2. The minimum absolute atomic E-state index is 0.108. The molecule has 1 atom stereocenters. The molecule has 0 saturated carbocycles. The molecule has 41 heavy (non-hydrogen) atoms. The van der Waals surface area contributed by atoms with Gasteiger partial charge in [-0.2, -0.15) is 0 Å². The maximum atomic E-state index is 13.7. The number of para-hydroxylation sites is 1. The number of benzene rings is 4. The van der Waals surface area contributed by atoms with Gasteiger partial charge in [0.05, 0.1) is 22.3 Å². The predicted molar refractivity (Wildman–Crippen MR) is 164 cm³/mol. The molecule has 1 heterocycles. The van der Waals surface area contributed by atoms with Crippen LogP contribution in [-0.4, -0.2) is 53.9 Å². The first-order chi connectivity index (χ1) is 19.9. The second-order valence-corrected chi connectivity index (χ2v) is 10.8. The van der Waals surface area contributed by atoms with Gasteiger partial charge in [0.25, 0.3) is 11.8 Å². The molecular weight excluding hydrogens is 557 g/mol. The van der Waals surface area contributed by atoms with Crippen LogP contribution in [0.25, 0.3) is 0 Å². The Balaban J connectivity index is 1.26. The molecule has 4 aromatic rings. The maximum absolute atomic E-state index is 13.7. The van der Waals surface area contributed by atoms with Crippen LogP contribution in [0.2, 0.25) is 10.0 Å². The van der Waals surface area contributed by atoms with Gasteiger partial charge in [-0.15, -0.1) is 0 Å². The second-order valence-electron chi connectivity index (χ2n) is 9.92. The van der Waals surface area contributed by atoms with Crippen LogP contribution >= 0.6 is 23.2 Å². The van der Waals surface area contributed by atoms with Gasteiger partial charge in [-0.1, -0.05) is 96.0 Å². The summed E-state index contributed by atoms with van der Waals surface area (Å²) in [5, 5.41) is 3.65. The van der Waals surface area contributed by atoms with E-state index < -0.39 is 12.0 Å². The van der Waals surface area contributed by atoms with Crippen molar-refractivity contribution in [1.82, 2.24) is 9.80 Å². The fourth-order valence-corrected chi connectivity index (χ4v) is 5.52. The predicted octanol–water partition coefficient (Wildman–Crippen LogP) is 6.95. The third-order valence-electron chi connectivity index (χ3n) is 7.18. The molecule has 0 aromatic heterocycles. The van der Waals surface area contributed by atoms with Crippen molar-refractivity contribution in [3.63, 3.8) is 0 Å². The summed E-state index contributed by atoms with van der Waals surface area (Å²) in [5.74, 6) is -0.161. The fourth-order valence-electron chi connectivity index (χ4n) is 5.07. The molecule has 0 bridgehead atoms. The Labute approximate surface area is 250 Å². The van der Waals surface area contributed by atoms with Gasteiger partial charge in [0.2, 0.25) is 0 Å². The number of carbonyl (C=O) groups excluding carboxylic acids is 2. The maximum Gasteiger partial charge on any atom is 0.265 e. The normalized spacial score (nSPS) is 14.5. The molecule has 0 radical (unpaired) electrons. The quantitative estimate of drug-likeness (QED) is 0.242. The minimum atomic E-state index is -0.853. The summed E-state index contributed by atoms with van der Waals surface area (Å²) < 4.78 is 5.75. The molecule has 4 aromatic carbocycles. The largest absolute Gasteiger partial charge is 0.479 e. The number of hydrogen-bond donors (Lipinski definition) is 1. The Morgan fingerprint density at radius 1 is 0.780 bits per heavy atom. The van der Waals surface area contributed by atoms with Crippen molar-refractivity contribution in [2.24, 2.45) is 0 Å². The van der Waals surface area contributed by atoms with Gasteiger partial charge in [0.1, 0.15) is 5.75 Å². The van der Waals surface area contributed by atoms with Gasteiger partial charge >= 0.3 is 0 Å². The van der Waals surface area contributed by atoms with Crippen molar-refractivity contribution in [1.29, 1.82) is 0 Å². The third kappa shape index (κ3) is 6.91. The van der Waals surface area contributed by atoms with Gasteiger partial charge in [-0.25, -0.2) is 0 Å². The van der Waals surface area contributed by atoms with Crippen LogP contribution in [0.5, 0.6) is 5.75 Å². The number of carbonyl (C=O) groups is 2. The molecule has 5 rings (SSSR count). The number of anilines is 1. The highest BCUT2D eigenvalue weighted by atomic mass is 35.5. The van der Waals surface area contributed by atoms with Crippen LogP contribution < -0.4 is 10.1 Å². The number of nitrogens with zero attached hydrogens (tertiary/aromatic N) is 2. The van der Waals surface area contributed by atoms with Gasteiger partial charge in [0, 0.05) is 31.2 Å². The smallest absolute Gasteiger partial charge is 0.265 e. The van der Waals surface area contributed by atoms with E-state index in [9.17, 15) is 9.59 Å². The molecule has 1 N–H and O–H groups in total. The molecule has 1 saturated heterocycles. The van der Waals surface area contributed by atoms with Crippen molar-refractivity contribution in [3.05, 3.63) is 130 Å². The monoisotopic (exact) mass is 587 g/mol. The Morgan fingerprint density at radius 3 is 1.98 bits per heavy atom. The molecule has 6 nitrogen and oxygen atoms in total. The van der Waals surface area contributed by atoms with Crippen LogP contribution in [0.1, 0.15) is 34.5 Å². The first-order valence-electron chi connectivity index (χ1n) is 13.6. The molecule has 0 aliphatic carbocycles. The molecule has 2 amide bonds. The first kappa shape index (κ1) is 28.7. The van der Waals surface area contributed by atoms with E-state index in [0.29, 0.717) is 40.1 Å². The number of piperazine rings is 1. The average Bonchev–Trinajstić information content (AvgIpc) is 3.00. The highest BCUT2D eigenvalue weighted by Crippen LogP contribution is 2.31.